The standard InChI is InChI=1S/C22H17N3O3S/c26-21(24-14-15-5-3-4-12-23-15)11-10-16-8-9-17(29-16)13-20-22(27)25-18-6-1-2-7-19(18)28-20/h1-13H,14H2,(H,24,26)(H,25,27)/b11-10+,20-13-. The van der Waals surface area contributed by atoms with Gasteiger partial charge in [0.25, 0.3) is 5.91 Å². The molecule has 29 heavy (non-hydrogen) atoms. The number of rotatable bonds is 5. The van der Waals surface area contributed by atoms with Crippen molar-refractivity contribution in [1.82, 2.24) is 10.3 Å². The molecular formula is C22H17N3O3S. The van der Waals surface area contributed by atoms with Gasteiger partial charge >= 0.3 is 0 Å². The summed E-state index contributed by atoms with van der Waals surface area (Å²) in [4.78, 5) is 30.1. The van der Waals surface area contributed by atoms with Crippen LogP contribution in [0.15, 0.2) is 72.6 Å². The quantitative estimate of drug-likeness (QED) is 0.634. The number of fused-ring (bicyclic) bond motifs is 1. The van der Waals surface area contributed by atoms with Gasteiger partial charge in [-0.05, 0) is 42.5 Å². The fourth-order valence-corrected chi connectivity index (χ4v) is 3.51. The Morgan fingerprint density at radius 2 is 1.93 bits per heavy atom. The van der Waals surface area contributed by atoms with Gasteiger partial charge < -0.3 is 15.4 Å². The predicted octanol–water partition coefficient (Wildman–Crippen LogP) is 3.84. The van der Waals surface area contributed by atoms with Gasteiger partial charge in [-0.2, -0.15) is 0 Å². The number of carbonyl (C=O) groups excluding carboxylic acids is 2. The summed E-state index contributed by atoms with van der Waals surface area (Å²) in [6, 6.07) is 16.6. The SMILES string of the molecule is O=C(/C=C/c1ccc(/C=C2\Oc3ccccc3NC2=O)s1)NCc1ccccn1. The van der Waals surface area contributed by atoms with E-state index in [1.807, 2.05) is 42.5 Å². The fraction of sp³-hybridized carbons (Fsp3) is 0.0455. The molecule has 2 aromatic heterocycles. The van der Waals surface area contributed by atoms with Crippen LogP contribution in [0.3, 0.4) is 0 Å². The molecule has 0 atom stereocenters. The topological polar surface area (TPSA) is 80.3 Å². The summed E-state index contributed by atoms with van der Waals surface area (Å²) in [6.07, 6.45) is 6.59. The van der Waals surface area contributed by atoms with Gasteiger partial charge in [0.15, 0.2) is 11.5 Å². The average Bonchev–Trinajstić information content (AvgIpc) is 3.19. The Morgan fingerprint density at radius 3 is 2.79 bits per heavy atom. The number of ether oxygens (including phenoxy) is 1. The number of hydrogen-bond acceptors (Lipinski definition) is 5. The maximum Gasteiger partial charge on any atom is 0.291 e. The number of hydrogen-bond donors (Lipinski definition) is 2. The van der Waals surface area contributed by atoms with Crippen molar-refractivity contribution in [3.05, 3.63) is 88.1 Å². The Balaban J connectivity index is 1.38. The molecule has 3 aromatic rings. The van der Waals surface area contributed by atoms with E-state index in [1.165, 1.54) is 17.4 Å². The predicted molar refractivity (Wildman–Crippen MR) is 113 cm³/mol. The molecule has 0 aliphatic carbocycles. The fourth-order valence-electron chi connectivity index (χ4n) is 2.66. The molecular weight excluding hydrogens is 386 g/mol. The van der Waals surface area contributed by atoms with E-state index in [9.17, 15) is 9.59 Å². The lowest BCUT2D eigenvalue weighted by Crippen LogP contribution is -2.23. The summed E-state index contributed by atoms with van der Waals surface area (Å²) in [7, 11) is 0. The van der Waals surface area contributed by atoms with E-state index in [0.29, 0.717) is 18.0 Å². The van der Waals surface area contributed by atoms with Crippen LogP contribution in [0.4, 0.5) is 5.69 Å². The van der Waals surface area contributed by atoms with Crippen molar-refractivity contribution in [2.24, 2.45) is 0 Å². The second kappa shape index (κ2) is 8.53. The highest BCUT2D eigenvalue weighted by molar-refractivity contribution is 7.13. The Kier molecular flexibility index (Phi) is 5.49. The van der Waals surface area contributed by atoms with Crippen LogP contribution in [0.1, 0.15) is 15.4 Å². The normalized spacial score (nSPS) is 14.3. The summed E-state index contributed by atoms with van der Waals surface area (Å²) in [5.41, 5.74) is 1.45. The Morgan fingerprint density at radius 1 is 1.10 bits per heavy atom. The lowest BCUT2D eigenvalue weighted by Gasteiger charge is -2.19. The number of nitrogens with one attached hydrogen (secondary N) is 2. The highest BCUT2D eigenvalue weighted by Gasteiger charge is 2.21. The first-order valence-corrected chi connectivity index (χ1v) is 9.74. The third kappa shape index (κ3) is 4.77. The molecule has 0 bridgehead atoms. The van der Waals surface area contributed by atoms with E-state index in [1.54, 1.807) is 30.5 Å². The van der Waals surface area contributed by atoms with Gasteiger partial charge in [0.05, 0.1) is 17.9 Å². The third-order valence-electron chi connectivity index (χ3n) is 4.07. The molecule has 2 amide bonds. The summed E-state index contributed by atoms with van der Waals surface area (Å²) < 4.78 is 5.70. The monoisotopic (exact) mass is 403 g/mol. The van der Waals surface area contributed by atoms with E-state index in [0.717, 1.165) is 15.4 Å². The molecule has 1 aliphatic rings. The largest absolute Gasteiger partial charge is 0.449 e. The smallest absolute Gasteiger partial charge is 0.291 e. The highest BCUT2D eigenvalue weighted by Crippen LogP contribution is 2.31. The van der Waals surface area contributed by atoms with Crippen molar-refractivity contribution < 1.29 is 14.3 Å². The minimum Gasteiger partial charge on any atom is -0.449 e. The molecule has 0 fully saturated rings. The molecule has 1 aliphatic heterocycles. The van der Waals surface area contributed by atoms with Gasteiger partial charge in [-0.3, -0.25) is 14.6 Å². The van der Waals surface area contributed by atoms with Gasteiger partial charge in [-0.15, -0.1) is 11.3 Å². The zero-order valence-electron chi connectivity index (χ0n) is 15.3. The molecule has 0 saturated heterocycles. The van der Waals surface area contributed by atoms with Crippen LogP contribution in [0, 0.1) is 0 Å². The van der Waals surface area contributed by atoms with Gasteiger partial charge in [-0.25, -0.2) is 0 Å². The minimum atomic E-state index is -0.289. The molecule has 6 nitrogen and oxygen atoms in total. The molecule has 3 heterocycles. The number of carbonyl (C=O) groups is 2. The molecule has 0 saturated carbocycles. The van der Waals surface area contributed by atoms with Crippen molar-refractivity contribution in [3.63, 3.8) is 0 Å². The zero-order chi connectivity index (χ0) is 20.1. The maximum atomic E-state index is 12.2. The molecule has 1 aromatic carbocycles. The number of anilines is 1. The van der Waals surface area contributed by atoms with Crippen LogP contribution in [0.25, 0.3) is 12.2 Å². The number of amides is 2. The van der Waals surface area contributed by atoms with Crippen LogP contribution in [0.5, 0.6) is 5.75 Å². The Labute approximate surface area is 171 Å². The molecule has 144 valence electrons. The van der Waals surface area contributed by atoms with E-state index in [2.05, 4.69) is 15.6 Å². The summed E-state index contributed by atoms with van der Waals surface area (Å²) in [5, 5.41) is 5.59. The molecule has 2 N–H and O–H groups in total. The maximum absolute atomic E-state index is 12.2. The van der Waals surface area contributed by atoms with Gasteiger partial charge in [0.1, 0.15) is 0 Å². The van der Waals surface area contributed by atoms with Crippen LogP contribution < -0.4 is 15.4 Å². The first-order chi connectivity index (χ1) is 14.2. The number of benzene rings is 1. The van der Waals surface area contributed by atoms with Gasteiger partial charge in [-0.1, -0.05) is 18.2 Å². The van der Waals surface area contributed by atoms with Crippen LogP contribution in [-0.4, -0.2) is 16.8 Å². The number of thiophene rings is 1. The third-order valence-corrected chi connectivity index (χ3v) is 5.07. The van der Waals surface area contributed by atoms with E-state index in [4.69, 9.17) is 4.74 Å². The zero-order valence-corrected chi connectivity index (χ0v) is 16.1. The van der Waals surface area contributed by atoms with Crippen LogP contribution in [0.2, 0.25) is 0 Å². The first kappa shape index (κ1) is 18.6. The van der Waals surface area contributed by atoms with Gasteiger partial charge in [0.2, 0.25) is 5.91 Å². The van der Waals surface area contributed by atoms with Gasteiger partial charge in [0, 0.05) is 28.1 Å². The summed E-state index contributed by atoms with van der Waals surface area (Å²) in [5.74, 6) is 0.354. The highest BCUT2D eigenvalue weighted by atomic mass is 32.1. The van der Waals surface area contributed by atoms with Crippen molar-refractivity contribution in [2.45, 2.75) is 6.54 Å². The molecule has 0 spiro atoms. The summed E-state index contributed by atoms with van der Waals surface area (Å²) in [6.45, 7) is 0.375. The Hall–Kier alpha value is -3.71. The van der Waals surface area contributed by atoms with Crippen LogP contribution >= 0.6 is 11.3 Å². The molecule has 7 heteroatoms. The lowest BCUT2D eigenvalue weighted by atomic mass is 10.2. The first-order valence-electron chi connectivity index (χ1n) is 8.93. The van der Waals surface area contributed by atoms with E-state index >= 15 is 0 Å². The Bertz CT molecular complexity index is 1100. The molecule has 4 rings (SSSR count). The van der Waals surface area contributed by atoms with E-state index < -0.39 is 0 Å². The van der Waals surface area contributed by atoms with Crippen molar-refractivity contribution in [2.75, 3.05) is 5.32 Å². The van der Waals surface area contributed by atoms with Crippen molar-refractivity contribution in [3.8, 4) is 5.75 Å². The number of nitrogens with zero attached hydrogens (tertiary/aromatic N) is 1. The second-order valence-electron chi connectivity index (χ2n) is 6.17. The second-order valence-corrected chi connectivity index (χ2v) is 7.32. The summed E-state index contributed by atoms with van der Waals surface area (Å²) >= 11 is 1.45. The van der Waals surface area contributed by atoms with Crippen molar-refractivity contribution in [1.29, 1.82) is 0 Å². The number of aromatic nitrogens is 1. The number of pyridine rings is 1. The number of para-hydroxylation sites is 2. The lowest BCUT2D eigenvalue weighted by molar-refractivity contribution is -0.116. The molecule has 0 radical (unpaired) electrons. The average molecular weight is 403 g/mol. The van der Waals surface area contributed by atoms with Crippen molar-refractivity contribution >= 4 is 41.0 Å². The van der Waals surface area contributed by atoms with Crippen LogP contribution in [-0.2, 0) is 16.1 Å². The minimum absolute atomic E-state index is 0.199. The van der Waals surface area contributed by atoms with E-state index in [-0.39, 0.29) is 17.6 Å². The molecule has 0 unspecified atom stereocenters.